The number of rotatable bonds is 5. The van der Waals surface area contributed by atoms with Crippen LogP contribution in [0.3, 0.4) is 0 Å². The number of carbonyl (C=O) groups excluding carboxylic acids is 1. The first kappa shape index (κ1) is 16.4. The van der Waals surface area contributed by atoms with Crippen molar-refractivity contribution in [2.45, 2.75) is 20.8 Å². The molecule has 0 spiro atoms. The summed E-state index contributed by atoms with van der Waals surface area (Å²) in [5.74, 6) is 0.258. The molecule has 1 N–H and O–H groups in total. The van der Waals surface area contributed by atoms with E-state index in [9.17, 15) is 4.79 Å². The van der Waals surface area contributed by atoms with Gasteiger partial charge in [0.15, 0.2) is 0 Å². The Morgan fingerprint density at radius 1 is 1.22 bits per heavy atom. The summed E-state index contributed by atoms with van der Waals surface area (Å²) in [6.45, 7) is 6.97. The van der Waals surface area contributed by atoms with Crippen LogP contribution < -0.4 is 5.32 Å². The SMILES string of the molecule is CCN(CC)C(=O)c1cc(C)nc(Nc2ccc(C#N)cc2)n1. The number of hydrogen-bond donors (Lipinski definition) is 1. The largest absolute Gasteiger partial charge is 0.338 e. The number of amides is 1. The van der Waals surface area contributed by atoms with E-state index in [0.717, 1.165) is 5.69 Å². The first-order valence-electron chi connectivity index (χ1n) is 7.49. The maximum Gasteiger partial charge on any atom is 0.272 e. The van der Waals surface area contributed by atoms with Gasteiger partial charge in [-0.15, -0.1) is 0 Å². The van der Waals surface area contributed by atoms with E-state index in [-0.39, 0.29) is 5.91 Å². The van der Waals surface area contributed by atoms with Gasteiger partial charge in [-0.3, -0.25) is 4.79 Å². The first-order valence-corrected chi connectivity index (χ1v) is 7.49. The van der Waals surface area contributed by atoms with Gasteiger partial charge in [0.2, 0.25) is 5.95 Å². The summed E-state index contributed by atoms with van der Waals surface area (Å²) in [6, 6.07) is 10.7. The fraction of sp³-hybridized carbons (Fsp3) is 0.294. The molecule has 0 bridgehead atoms. The van der Waals surface area contributed by atoms with Gasteiger partial charge in [0, 0.05) is 24.5 Å². The second-order valence-electron chi connectivity index (χ2n) is 5.01. The highest BCUT2D eigenvalue weighted by molar-refractivity contribution is 5.92. The second-order valence-corrected chi connectivity index (χ2v) is 5.01. The number of carbonyl (C=O) groups is 1. The number of benzene rings is 1. The average Bonchev–Trinajstić information content (AvgIpc) is 2.56. The number of nitriles is 1. The zero-order valence-electron chi connectivity index (χ0n) is 13.5. The van der Waals surface area contributed by atoms with Crippen molar-refractivity contribution in [3.8, 4) is 6.07 Å². The van der Waals surface area contributed by atoms with Gasteiger partial charge in [-0.2, -0.15) is 5.26 Å². The Labute approximate surface area is 135 Å². The molecular formula is C17H19N5O. The Bertz CT molecular complexity index is 730. The van der Waals surface area contributed by atoms with Crippen molar-refractivity contribution >= 4 is 17.5 Å². The standard InChI is InChI=1S/C17H19N5O/c1-4-22(5-2)16(23)15-10-12(3)19-17(21-15)20-14-8-6-13(11-18)7-9-14/h6-10H,4-5H2,1-3H3,(H,19,20,21). The smallest absolute Gasteiger partial charge is 0.272 e. The van der Waals surface area contributed by atoms with Crippen LogP contribution in [0.25, 0.3) is 0 Å². The molecule has 0 aliphatic rings. The van der Waals surface area contributed by atoms with Crippen molar-refractivity contribution in [1.29, 1.82) is 5.26 Å². The van der Waals surface area contributed by atoms with Crippen molar-refractivity contribution in [2.75, 3.05) is 18.4 Å². The molecule has 0 atom stereocenters. The first-order chi connectivity index (χ1) is 11.1. The lowest BCUT2D eigenvalue weighted by Gasteiger charge is -2.18. The lowest BCUT2D eigenvalue weighted by atomic mass is 10.2. The molecule has 2 aromatic rings. The van der Waals surface area contributed by atoms with Crippen LogP contribution in [0.1, 0.15) is 35.6 Å². The number of aromatic nitrogens is 2. The Morgan fingerprint density at radius 3 is 2.43 bits per heavy atom. The maximum atomic E-state index is 12.4. The third kappa shape index (κ3) is 4.04. The predicted molar refractivity (Wildman–Crippen MR) is 88.5 cm³/mol. The topological polar surface area (TPSA) is 81.9 Å². The number of anilines is 2. The fourth-order valence-corrected chi connectivity index (χ4v) is 2.16. The van der Waals surface area contributed by atoms with Crippen molar-refractivity contribution < 1.29 is 4.79 Å². The van der Waals surface area contributed by atoms with Gasteiger partial charge >= 0.3 is 0 Å². The van der Waals surface area contributed by atoms with Gasteiger partial charge in [0.05, 0.1) is 11.6 Å². The molecule has 1 aromatic carbocycles. The van der Waals surface area contributed by atoms with Crippen LogP contribution >= 0.6 is 0 Å². The molecule has 6 nitrogen and oxygen atoms in total. The molecule has 0 fully saturated rings. The fourth-order valence-electron chi connectivity index (χ4n) is 2.16. The van der Waals surface area contributed by atoms with Gasteiger partial charge < -0.3 is 10.2 Å². The summed E-state index contributed by atoms with van der Waals surface area (Å²) in [7, 11) is 0. The molecule has 0 saturated heterocycles. The van der Waals surface area contributed by atoms with Crippen molar-refractivity contribution in [3.63, 3.8) is 0 Å². The monoisotopic (exact) mass is 309 g/mol. The Kier molecular flexibility index (Phi) is 5.26. The Balaban J connectivity index is 2.26. The van der Waals surface area contributed by atoms with Crippen LogP contribution in [0, 0.1) is 18.3 Å². The van der Waals surface area contributed by atoms with Gasteiger partial charge in [0.25, 0.3) is 5.91 Å². The highest BCUT2D eigenvalue weighted by Crippen LogP contribution is 2.15. The Hall–Kier alpha value is -2.94. The minimum Gasteiger partial charge on any atom is -0.338 e. The molecule has 0 unspecified atom stereocenters. The van der Waals surface area contributed by atoms with Crippen molar-refractivity contribution in [3.05, 3.63) is 47.3 Å². The van der Waals surface area contributed by atoms with Gasteiger partial charge in [0.1, 0.15) is 5.69 Å². The van der Waals surface area contributed by atoms with E-state index < -0.39 is 0 Å². The van der Waals surface area contributed by atoms with Crippen LogP contribution in [0.5, 0.6) is 0 Å². The molecule has 0 saturated carbocycles. The molecule has 1 aromatic heterocycles. The molecular weight excluding hydrogens is 290 g/mol. The molecule has 0 aliphatic heterocycles. The summed E-state index contributed by atoms with van der Waals surface area (Å²) in [4.78, 5) is 22.8. The van der Waals surface area contributed by atoms with Crippen LogP contribution in [0.4, 0.5) is 11.6 Å². The summed E-state index contributed by atoms with van der Waals surface area (Å²) in [6.07, 6.45) is 0. The molecule has 1 heterocycles. The third-order valence-corrected chi connectivity index (χ3v) is 3.39. The van der Waals surface area contributed by atoms with Crippen LogP contribution in [-0.2, 0) is 0 Å². The molecule has 118 valence electrons. The molecule has 0 radical (unpaired) electrons. The lowest BCUT2D eigenvalue weighted by Crippen LogP contribution is -2.31. The van der Waals surface area contributed by atoms with Gasteiger partial charge in [-0.25, -0.2) is 9.97 Å². The van der Waals surface area contributed by atoms with Crippen LogP contribution in [0.15, 0.2) is 30.3 Å². The predicted octanol–water partition coefficient (Wildman–Crippen LogP) is 2.88. The van der Waals surface area contributed by atoms with Gasteiger partial charge in [-0.1, -0.05) is 0 Å². The third-order valence-electron chi connectivity index (χ3n) is 3.39. The lowest BCUT2D eigenvalue weighted by molar-refractivity contribution is 0.0767. The molecule has 6 heteroatoms. The minimum atomic E-state index is -0.108. The van der Waals surface area contributed by atoms with Crippen molar-refractivity contribution in [2.24, 2.45) is 0 Å². The normalized spacial score (nSPS) is 10.0. The van der Waals surface area contributed by atoms with E-state index >= 15 is 0 Å². The van der Waals surface area contributed by atoms with E-state index in [0.29, 0.717) is 36.0 Å². The van der Waals surface area contributed by atoms with Crippen molar-refractivity contribution in [1.82, 2.24) is 14.9 Å². The van der Waals surface area contributed by atoms with E-state index in [4.69, 9.17) is 5.26 Å². The zero-order valence-corrected chi connectivity index (χ0v) is 13.5. The summed E-state index contributed by atoms with van der Waals surface area (Å²) in [5.41, 5.74) is 2.43. The zero-order chi connectivity index (χ0) is 16.8. The average molecular weight is 309 g/mol. The van der Waals surface area contributed by atoms with E-state index in [2.05, 4.69) is 21.4 Å². The highest BCUT2D eigenvalue weighted by Gasteiger charge is 2.15. The number of nitrogens with one attached hydrogen (secondary N) is 1. The summed E-state index contributed by atoms with van der Waals surface area (Å²) >= 11 is 0. The molecule has 2 rings (SSSR count). The molecule has 0 aliphatic carbocycles. The van der Waals surface area contributed by atoms with Crippen LogP contribution in [0.2, 0.25) is 0 Å². The van der Waals surface area contributed by atoms with Crippen LogP contribution in [-0.4, -0.2) is 33.9 Å². The number of nitrogens with zero attached hydrogens (tertiary/aromatic N) is 4. The highest BCUT2D eigenvalue weighted by atomic mass is 16.2. The van der Waals surface area contributed by atoms with E-state index in [1.165, 1.54) is 0 Å². The second kappa shape index (κ2) is 7.36. The minimum absolute atomic E-state index is 0.108. The number of hydrogen-bond acceptors (Lipinski definition) is 5. The maximum absolute atomic E-state index is 12.4. The quantitative estimate of drug-likeness (QED) is 0.918. The number of aryl methyl sites for hydroxylation is 1. The van der Waals surface area contributed by atoms with E-state index in [1.54, 1.807) is 35.2 Å². The van der Waals surface area contributed by atoms with E-state index in [1.807, 2.05) is 20.8 Å². The molecule has 1 amide bonds. The molecule has 23 heavy (non-hydrogen) atoms. The summed E-state index contributed by atoms with van der Waals surface area (Å²) in [5, 5.41) is 11.9. The Morgan fingerprint density at radius 2 is 1.87 bits per heavy atom. The van der Waals surface area contributed by atoms with Gasteiger partial charge in [-0.05, 0) is 51.1 Å². The summed E-state index contributed by atoms with van der Waals surface area (Å²) < 4.78 is 0.